The molecular formula is C98H155NO46. The minimum absolute atomic E-state index is 0.0571. The molecule has 13 rings (SSSR count). The summed E-state index contributed by atoms with van der Waals surface area (Å²) in [5.74, 6) is -5.48. The Morgan fingerprint density at radius 2 is 0.979 bits per heavy atom. The van der Waals surface area contributed by atoms with E-state index in [0.29, 0.717) is 37.7 Å². The number of allylic oxidation sites excluding steroid dienone is 4. The van der Waals surface area contributed by atoms with Crippen LogP contribution in [0.15, 0.2) is 60.3 Å². The Balaban J connectivity index is 0.788. The van der Waals surface area contributed by atoms with E-state index < -0.39 is 378 Å². The predicted octanol–water partition coefficient (Wildman–Crippen LogP) is -5.92. The second-order valence-corrected chi connectivity index (χ2v) is 44.1. The molecule has 47 nitrogen and oxygen atoms in total. The fourth-order valence-electron chi connectivity index (χ4n) is 24.7. The van der Waals surface area contributed by atoms with Crippen LogP contribution >= 0.6 is 0 Å². The molecule has 0 aromatic carbocycles. The predicted molar refractivity (Wildman–Crippen MR) is 490 cm³/mol. The van der Waals surface area contributed by atoms with E-state index in [1.807, 2.05) is 20.8 Å². The largest absolute Gasteiger partial charge is 0.458 e. The average molecular weight is 2080 g/mol. The van der Waals surface area contributed by atoms with Crippen LogP contribution < -0.4 is 5.32 Å². The molecule has 12 fully saturated rings. The molecule has 5 aliphatic carbocycles. The Hall–Kier alpha value is -4.98. The zero-order chi connectivity index (χ0) is 107. The molecule has 25 N–H and O–H groups in total. The monoisotopic (exact) mass is 2080 g/mol. The summed E-state index contributed by atoms with van der Waals surface area (Å²) in [4.78, 5) is 58.4. The van der Waals surface area contributed by atoms with Gasteiger partial charge in [0.25, 0.3) is 0 Å². The number of carbonyl (C=O) groups is 4. The van der Waals surface area contributed by atoms with Crippen molar-refractivity contribution in [3.63, 3.8) is 0 Å². The van der Waals surface area contributed by atoms with Crippen molar-refractivity contribution in [3.8, 4) is 0 Å². The number of carbonyl (C=O) groups excluding carboxylic acids is 4. The summed E-state index contributed by atoms with van der Waals surface area (Å²) in [5, 5.41) is 272. The zero-order valence-corrected chi connectivity index (χ0v) is 83.9. The van der Waals surface area contributed by atoms with Crippen LogP contribution in [0.2, 0.25) is 0 Å². The summed E-state index contributed by atoms with van der Waals surface area (Å²) < 4.78 is 110. The highest BCUT2D eigenvalue weighted by atomic mass is 16.8. The Kier molecular flexibility index (Phi) is 37.4. The normalized spacial score (nSPS) is 47.7. The van der Waals surface area contributed by atoms with Gasteiger partial charge >= 0.3 is 17.9 Å². The fourth-order valence-corrected chi connectivity index (χ4v) is 24.7. The summed E-state index contributed by atoms with van der Waals surface area (Å²) in [6, 6.07) is -1.38. The van der Waals surface area contributed by atoms with Crippen LogP contribution in [-0.4, -0.2) is 456 Å². The van der Waals surface area contributed by atoms with Crippen LogP contribution in [-0.2, 0) is 104 Å². The molecule has 0 radical (unpaired) electrons. The van der Waals surface area contributed by atoms with Crippen LogP contribution in [0.5, 0.6) is 0 Å². The van der Waals surface area contributed by atoms with Gasteiger partial charge in [0.15, 0.2) is 56.2 Å². The second-order valence-electron chi connectivity index (χ2n) is 44.1. The van der Waals surface area contributed by atoms with Gasteiger partial charge in [0.05, 0.1) is 99.1 Å². The van der Waals surface area contributed by atoms with Gasteiger partial charge < -0.3 is 213 Å². The first kappa shape index (κ1) is 117. The molecule has 828 valence electrons. The number of nitrogens with one attached hydrogen (secondary N) is 1. The van der Waals surface area contributed by atoms with Gasteiger partial charge in [-0.25, -0.2) is 9.59 Å². The highest BCUT2D eigenvalue weighted by Gasteiger charge is 2.74. The number of hydrogen-bond donors (Lipinski definition) is 25. The minimum atomic E-state index is -2.30. The van der Waals surface area contributed by atoms with Crippen LogP contribution in [0.3, 0.4) is 0 Å². The van der Waals surface area contributed by atoms with Crippen molar-refractivity contribution in [2.45, 2.75) is 430 Å². The van der Waals surface area contributed by atoms with Gasteiger partial charge in [-0.05, 0) is 145 Å². The SMILES string of the molecule is C=C[C@](C)(O)CC/C=C(\CO)C(=O)O[C@@H]1[C@@H](O)[C@H](O)[C@@H](O[C@](C)(C=C)CC/C=C(\CO)C(=O)O[C@H]2C[C@@]3(C(=O)O[C@@H]4O[C@H](CO)[C@@H](O)[C@H](O)[C@H]4O[C@@H]4O[C@@H](C)[C@H](O[C@@H]5O[C@@H](CO)[C@H](O)[C@H]5O)[C@@H](O[C@@H]5O[C@H](CO)[C@@H](O)[C@H](O)[C@H]5O)[C@H]4O)C(CC2(C)C)C2=CC[C@@H]4[C@@]5(C)CC[C@H](O[C@@H]6O[C@H](CO[C@@H]7O[C@H](C)[C@H](O)[C@H](O)[C@H]7O[C@@H]7OC[C@@H](O)[C@H](O)[C@H]7O)[C@@H](O)[C@H](O)[C@H]6NC(C)=O)C(C)(C)C5CC[C@@]4(C)[C@]2(C)C[C@H]3O)O[C@H]1C. The zero-order valence-electron chi connectivity index (χ0n) is 83.9. The van der Waals surface area contributed by atoms with E-state index in [1.165, 1.54) is 58.9 Å². The maximum Gasteiger partial charge on any atom is 0.336 e. The number of aliphatic hydroxyl groups is 24. The summed E-state index contributed by atoms with van der Waals surface area (Å²) in [7, 11) is 0. The van der Waals surface area contributed by atoms with Crippen molar-refractivity contribution in [1.82, 2.24) is 5.32 Å². The van der Waals surface area contributed by atoms with E-state index in [-0.39, 0.29) is 61.5 Å². The van der Waals surface area contributed by atoms with Gasteiger partial charge in [-0.2, -0.15) is 0 Å². The molecule has 50 atom stereocenters. The first-order chi connectivity index (χ1) is 68.0. The number of esters is 3. The first-order valence-corrected chi connectivity index (χ1v) is 50.0. The van der Waals surface area contributed by atoms with E-state index in [1.54, 1.807) is 20.8 Å². The number of aliphatic hydroxyl groups excluding tert-OH is 23. The van der Waals surface area contributed by atoms with Gasteiger partial charge in [-0.15, -0.1) is 13.2 Å². The van der Waals surface area contributed by atoms with Crippen molar-refractivity contribution in [2.75, 3.05) is 46.2 Å². The third-order valence-corrected chi connectivity index (χ3v) is 34.0. The van der Waals surface area contributed by atoms with Gasteiger partial charge in [-0.1, -0.05) is 84.4 Å². The average Bonchev–Trinajstić information content (AvgIpc) is 1.40. The molecule has 8 saturated heterocycles. The molecular weight excluding hydrogens is 1930 g/mol. The molecule has 0 spiro atoms. The van der Waals surface area contributed by atoms with Crippen molar-refractivity contribution in [3.05, 3.63) is 60.3 Å². The molecule has 47 heteroatoms. The fraction of sp³-hybridized carbons (Fsp3) is 0.857. The maximum absolute atomic E-state index is 16.9. The summed E-state index contributed by atoms with van der Waals surface area (Å²) in [6.45, 7) is 24.5. The summed E-state index contributed by atoms with van der Waals surface area (Å²) in [6.07, 6.45) is -60.6. The molecule has 8 aliphatic heterocycles. The van der Waals surface area contributed by atoms with E-state index in [9.17, 15) is 132 Å². The van der Waals surface area contributed by atoms with Gasteiger partial charge in [-0.3, -0.25) is 9.59 Å². The number of fused-ring (bicyclic) bond motifs is 7. The van der Waals surface area contributed by atoms with Crippen molar-refractivity contribution in [1.29, 1.82) is 0 Å². The van der Waals surface area contributed by atoms with Gasteiger partial charge in [0.1, 0.15) is 164 Å². The standard InChI is InChI=1S/C98H155NO46/c1-16-93(11,127)26-18-20-45(34-101)81(125)139-75-41(4)132-87(73(122)69(75)118)145-94(12,17-2)27-19-21-44(33-100)80(124)137-57-32-98(90(126)144-89-79(68(117)62(111)50(36-103)135-89)143-86-74(123)77(141-85-72(121)66(115)61(110)49(35-102)133-85)76(42(5)131-86)140-84-71(120)63(112)51(37-104)134-84)47(30-91(57,7)8)46-22-23-54-95(13)28-25-56(92(9,10)53(95)24-29-96(54,14)97(46,15)31-55(98)107)138-82-58(99-43(6)105)65(114)64(113)52(136-82)39-129-88-78(67(116)59(108)40(3)130-88)142-83-70(119)60(109)48(106)38-128-83/h16-17,20-22,40-42,47-79,82-89,100-104,106-123,127H,1-2,18-19,23-39H2,3-15H3,(H,99,105)/b44-21+,45-20+/t40-,41+,42+,47?,48-,49-,50-,51+,52-,53?,54-,55-,56+,57+,58-,59+,60+,61-,62-,63+,64-,65-,66+,67+,68+,69+,70-,71-,72-,73+,74-,75+,76+,77+,78-,79-,82+,83+,84+,85+,86+,87-,88-,89+,93+,94-,95+,96-,97-,98-/m1/s1. The van der Waals surface area contributed by atoms with Crippen molar-refractivity contribution < 1.29 is 227 Å². The highest BCUT2D eigenvalue weighted by Crippen LogP contribution is 2.76. The number of ether oxygens (including phenoxy) is 18. The Morgan fingerprint density at radius 3 is 1.59 bits per heavy atom. The van der Waals surface area contributed by atoms with Crippen LogP contribution in [0, 0.1) is 50.2 Å². The molecule has 145 heavy (non-hydrogen) atoms. The van der Waals surface area contributed by atoms with E-state index in [2.05, 4.69) is 38.4 Å². The molecule has 0 bridgehead atoms. The Bertz CT molecular complexity index is 4490. The smallest absolute Gasteiger partial charge is 0.336 e. The highest BCUT2D eigenvalue weighted by molar-refractivity contribution is 5.89. The van der Waals surface area contributed by atoms with Gasteiger partial charge in [0.2, 0.25) is 12.2 Å². The third kappa shape index (κ3) is 23.0. The number of rotatable bonds is 35. The molecule has 13 aliphatic rings. The molecule has 8 heterocycles. The number of hydrogen-bond acceptors (Lipinski definition) is 46. The van der Waals surface area contributed by atoms with Crippen LogP contribution in [0.1, 0.15) is 167 Å². The summed E-state index contributed by atoms with van der Waals surface area (Å²) >= 11 is 0. The molecule has 0 aromatic rings. The summed E-state index contributed by atoms with van der Waals surface area (Å²) in [5.41, 5.74) is -9.16. The Morgan fingerprint density at radius 1 is 0.476 bits per heavy atom. The lowest BCUT2D eigenvalue weighted by molar-refractivity contribution is -0.390. The number of amides is 1. The molecule has 1 amide bonds. The second kappa shape index (κ2) is 46.4. The van der Waals surface area contributed by atoms with Gasteiger partial charge in [0, 0.05) is 18.8 Å². The minimum Gasteiger partial charge on any atom is -0.458 e. The maximum atomic E-state index is 16.9. The van der Waals surface area contributed by atoms with E-state index in [0.717, 1.165) is 0 Å². The third-order valence-electron chi connectivity index (χ3n) is 34.0. The van der Waals surface area contributed by atoms with Crippen LogP contribution in [0.25, 0.3) is 0 Å². The molecule has 4 saturated carbocycles. The van der Waals surface area contributed by atoms with Crippen molar-refractivity contribution >= 4 is 23.8 Å². The lowest BCUT2D eigenvalue weighted by atomic mass is 9.33. The topological polar surface area (TPSA) is 732 Å². The first-order valence-electron chi connectivity index (χ1n) is 50.0. The van der Waals surface area contributed by atoms with Crippen molar-refractivity contribution in [2.24, 2.45) is 50.2 Å². The van der Waals surface area contributed by atoms with Crippen LogP contribution in [0.4, 0.5) is 0 Å². The van der Waals surface area contributed by atoms with E-state index in [4.69, 9.17) is 85.3 Å². The quantitative estimate of drug-likeness (QED) is 0.00924. The Labute approximate surface area is 839 Å². The molecule has 0 aromatic heterocycles. The molecule has 2 unspecified atom stereocenters. The van der Waals surface area contributed by atoms with E-state index >= 15 is 9.59 Å². The lowest BCUT2D eigenvalue weighted by Gasteiger charge is -2.72. The lowest BCUT2D eigenvalue weighted by Crippen LogP contribution is -2.70.